The molecule has 0 spiro atoms. The summed E-state index contributed by atoms with van der Waals surface area (Å²) in [5, 5.41) is 0. The first-order valence-corrected chi connectivity index (χ1v) is 12.6. The predicted molar refractivity (Wildman–Crippen MR) is 114 cm³/mol. The van der Waals surface area contributed by atoms with Gasteiger partial charge in [0.15, 0.2) is 0 Å². The Morgan fingerprint density at radius 2 is 1.41 bits per heavy atom. The molecular weight excluding hydrogens is 354 g/mol. The Hall–Kier alpha value is -1.28. The lowest BCUT2D eigenvalue weighted by Crippen LogP contribution is -2.44. The molecule has 1 saturated heterocycles. The van der Waals surface area contributed by atoms with Crippen LogP contribution in [0.15, 0.2) is 0 Å². The third kappa shape index (κ3) is 6.10. The lowest BCUT2D eigenvalue weighted by molar-refractivity contribution is -0.118. The minimum Gasteiger partial charge on any atom is -0.444 e. The highest BCUT2D eigenvalue weighted by Crippen LogP contribution is 2.40. The van der Waals surface area contributed by atoms with Crippen molar-refractivity contribution in [3.63, 3.8) is 0 Å². The maximum absolute atomic E-state index is 12.7. The Labute approximate surface area is 167 Å². The summed E-state index contributed by atoms with van der Waals surface area (Å²) in [6, 6.07) is 0. The number of hydrogen-bond acceptors (Lipinski definition) is 3. The van der Waals surface area contributed by atoms with E-state index in [2.05, 4.69) is 53.0 Å². The van der Waals surface area contributed by atoms with Crippen LogP contribution in [0.2, 0.25) is 16.6 Å². The van der Waals surface area contributed by atoms with Crippen molar-refractivity contribution in [3.05, 3.63) is 0 Å². The largest absolute Gasteiger partial charge is 0.444 e. The Morgan fingerprint density at radius 1 is 0.963 bits per heavy atom. The molecule has 1 heterocycles. The highest BCUT2D eigenvalue weighted by atomic mass is 28.3. The van der Waals surface area contributed by atoms with Gasteiger partial charge in [-0.3, -0.25) is 4.79 Å². The smallest absolute Gasteiger partial charge is 0.410 e. The maximum atomic E-state index is 12.7. The van der Waals surface area contributed by atoms with Crippen LogP contribution in [0, 0.1) is 17.4 Å². The molecule has 154 valence electrons. The summed E-state index contributed by atoms with van der Waals surface area (Å²) in [5.74, 6) is 3.05. The van der Waals surface area contributed by atoms with Crippen molar-refractivity contribution >= 4 is 20.0 Å². The number of ether oxygens (including phenoxy) is 1. The number of nitrogens with zero attached hydrogens (tertiary/aromatic N) is 1. The van der Waals surface area contributed by atoms with Gasteiger partial charge in [-0.25, -0.2) is 4.79 Å². The molecule has 1 fully saturated rings. The van der Waals surface area contributed by atoms with Crippen molar-refractivity contribution in [1.29, 1.82) is 0 Å². The minimum atomic E-state index is -1.88. The Balaban J connectivity index is 2.79. The number of hydrogen-bond donors (Lipinski definition) is 0. The predicted octanol–water partition coefficient (Wildman–Crippen LogP) is 5.42. The molecule has 0 bridgehead atoms. The summed E-state index contributed by atoms with van der Waals surface area (Å²) < 4.78 is 5.42. The normalized spacial score (nSPS) is 16.5. The molecule has 27 heavy (non-hydrogen) atoms. The first-order valence-electron chi connectivity index (χ1n) is 10.4. The second-order valence-corrected chi connectivity index (χ2v) is 15.3. The molecule has 0 radical (unpaired) electrons. The fraction of sp³-hybridized carbons (Fsp3) is 0.818. The quantitative estimate of drug-likeness (QED) is 0.473. The van der Waals surface area contributed by atoms with Gasteiger partial charge in [0.05, 0.1) is 0 Å². The summed E-state index contributed by atoms with van der Waals surface area (Å²) in [6.07, 6.45) is 1.06. The van der Waals surface area contributed by atoms with E-state index in [0.29, 0.717) is 42.6 Å². The molecule has 0 unspecified atom stereocenters. The van der Waals surface area contributed by atoms with E-state index in [9.17, 15) is 9.59 Å². The van der Waals surface area contributed by atoms with Gasteiger partial charge in [0.25, 0.3) is 0 Å². The molecule has 1 aliphatic rings. The van der Waals surface area contributed by atoms with Crippen LogP contribution >= 0.6 is 0 Å². The Morgan fingerprint density at radius 3 is 1.78 bits per heavy atom. The molecule has 1 amide bonds. The van der Waals surface area contributed by atoms with E-state index < -0.39 is 13.7 Å². The number of carbonyl (C=O) groups excluding carboxylic acids is 2. The molecule has 4 nitrogen and oxygen atoms in total. The van der Waals surface area contributed by atoms with E-state index in [4.69, 9.17) is 4.74 Å². The van der Waals surface area contributed by atoms with Crippen molar-refractivity contribution in [3.8, 4) is 11.5 Å². The van der Waals surface area contributed by atoms with Gasteiger partial charge < -0.3 is 9.64 Å². The highest BCUT2D eigenvalue weighted by Gasteiger charge is 2.42. The number of likely N-dealkylation sites (tertiary alicyclic amines) is 1. The maximum Gasteiger partial charge on any atom is 0.410 e. The fourth-order valence-corrected chi connectivity index (χ4v) is 9.56. The van der Waals surface area contributed by atoms with Crippen LogP contribution in [0.5, 0.6) is 0 Å². The van der Waals surface area contributed by atoms with Gasteiger partial charge in [-0.05, 0) is 56.2 Å². The fourth-order valence-electron chi connectivity index (χ4n) is 4.36. The van der Waals surface area contributed by atoms with Gasteiger partial charge in [0, 0.05) is 19.0 Å². The van der Waals surface area contributed by atoms with Gasteiger partial charge in [-0.15, -0.1) is 5.54 Å². The van der Waals surface area contributed by atoms with Crippen LogP contribution in [0.25, 0.3) is 0 Å². The zero-order valence-electron chi connectivity index (χ0n) is 18.8. The van der Waals surface area contributed by atoms with E-state index in [0.717, 1.165) is 0 Å². The van der Waals surface area contributed by atoms with Crippen molar-refractivity contribution in [1.82, 2.24) is 4.90 Å². The van der Waals surface area contributed by atoms with E-state index in [1.807, 2.05) is 20.8 Å². The molecule has 0 aliphatic carbocycles. The average molecular weight is 394 g/mol. The van der Waals surface area contributed by atoms with Gasteiger partial charge in [0.1, 0.15) is 13.7 Å². The average Bonchev–Trinajstić information content (AvgIpc) is 2.52. The topological polar surface area (TPSA) is 46.6 Å². The summed E-state index contributed by atoms with van der Waals surface area (Å²) in [5.41, 5.74) is 4.60. The lowest BCUT2D eigenvalue weighted by atomic mass is 9.93. The van der Waals surface area contributed by atoms with Gasteiger partial charge in [-0.1, -0.05) is 41.5 Å². The van der Waals surface area contributed by atoms with E-state index in [1.54, 1.807) is 4.90 Å². The number of ketones is 1. The minimum absolute atomic E-state index is 0.0534. The first-order chi connectivity index (χ1) is 12.3. The third-order valence-electron chi connectivity index (χ3n) is 5.79. The zero-order valence-corrected chi connectivity index (χ0v) is 19.8. The summed E-state index contributed by atoms with van der Waals surface area (Å²) in [6.45, 7) is 20.3. The Kier molecular flexibility index (Phi) is 8.16. The lowest BCUT2D eigenvalue weighted by Gasteiger charge is -2.38. The van der Waals surface area contributed by atoms with Crippen LogP contribution in [0.1, 0.15) is 75.2 Å². The molecule has 0 aromatic carbocycles. The molecule has 0 atom stereocenters. The molecule has 0 N–H and O–H groups in total. The summed E-state index contributed by atoms with van der Waals surface area (Å²) >= 11 is 0. The number of piperidine rings is 1. The summed E-state index contributed by atoms with van der Waals surface area (Å²) in [7, 11) is -1.88. The Bertz CT molecular complexity index is 563. The second kappa shape index (κ2) is 9.27. The molecule has 1 rings (SSSR count). The van der Waals surface area contributed by atoms with E-state index >= 15 is 0 Å². The first kappa shape index (κ1) is 23.8. The van der Waals surface area contributed by atoms with E-state index in [1.165, 1.54) is 0 Å². The van der Waals surface area contributed by atoms with Crippen molar-refractivity contribution in [2.24, 2.45) is 5.92 Å². The zero-order chi connectivity index (χ0) is 21.0. The monoisotopic (exact) mass is 393 g/mol. The molecule has 0 aromatic rings. The van der Waals surface area contributed by atoms with Gasteiger partial charge in [0.2, 0.25) is 5.78 Å². The molecular formula is C22H39NO3Si. The number of rotatable bonds is 4. The summed E-state index contributed by atoms with van der Waals surface area (Å²) in [4.78, 5) is 26.6. The SMILES string of the molecule is CC(C)[Si](C#CC(=O)C1CCN(C(=O)OC(C)(C)C)CC1)(C(C)C)C(C)C. The van der Waals surface area contributed by atoms with Gasteiger partial charge >= 0.3 is 6.09 Å². The number of amides is 1. The molecule has 0 aromatic heterocycles. The van der Waals surface area contributed by atoms with Crippen LogP contribution in [0.3, 0.4) is 0 Å². The van der Waals surface area contributed by atoms with E-state index in [-0.39, 0.29) is 17.8 Å². The van der Waals surface area contributed by atoms with Gasteiger partial charge in [-0.2, -0.15) is 0 Å². The van der Waals surface area contributed by atoms with Crippen molar-refractivity contribution in [2.45, 2.75) is 97.4 Å². The van der Waals surface area contributed by atoms with Crippen LogP contribution in [-0.4, -0.2) is 43.5 Å². The third-order valence-corrected chi connectivity index (χ3v) is 12.1. The molecule has 1 aliphatic heterocycles. The van der Waals surface area contributed by atoms with Crippen LogP contribution in [-0.2, 0) is 9.53 Å². The number of carbonyl (C=O) groups is 2. The molecule has 0 saturated carbocycles. The van der Waals surface area contributed by atoms with Crippen LogP contribution < -0.4 is 0 Å². The van der Waals surface area contributed by atoms with Crippen molar-refractivity contribution < 1.29 is 14.3 Å². The second-order valence-electron chi connectivity index (χ2n) is 9.75. The number of Topliss-reactive ketones (excluding diaryl/α,β-unsaturated/α-hetero) is 1. The highest BCUT2D eigenvalue weighted by molar-refractivity contribution is 6.90. The standard InChI is InChI=1S/C22H39NO3Si/c1-16(2)27(17(3)4,18(5)6)15-12-20(24)19-10-13-23(14-11-19)21(25)26-22(7,8)9/h16-19H,10-11,13-14H2,1-9H3. The van der Waals surface area contributed by atoms with Crippen LogP contribution in [0.4, 0.5) is 4.79 Å². The van der Waals surface area contributed by atoms with Crippen molar-refractivity contribution in [2.75, 3.05) is 13.1 Å². The molecule has 5 heteroatoms.